The summed E-state index contributed by atoms with van der Waals surface area (Å²) in [5, 5.41) is 2.91. The van der Waals surface area contributed by atoms with Gasteiger partial charge in [0.2, 0.25) is 6.79 Å². The van der Waals surface area contributed by atoms with Gasteiger partial charge in [-0.25, -0.2) is 4.98 Å². The van der Waals surface area contributed by atoms with Crippen LogP contribution in [0.3, 0.4) is 0 Å². The molecule has 108 valence electrons. The summed E-state index contributed by atoms with van der Waals surface area (Å²) in [5.74, 6) is 0.627. The van der Waals surface area contributed by atoms with Gasteiger partial charge in [-0.05, 0) is 24.6 Å². The van der Waals surface area contributed by atoms with Gasteiger partial charge >= 0.3 is 0 Å². The molecule has 3 rings (SSSR count). The Morgan fingerprint density at radius 1 is 1.33 bits per heavy atom. The molecule has 0 radical (unpaired) electrons. The number of hydrogen-bond acceptors (Lipinski definition) is 5. The van der Waals surface area contributed by atoms with Crippen molar-refractivity contribution in [2.75, 3.05) is 17.8 Å². The van der Waals surface area contributed by atoms with Gasteiger partial charge in [0.25, 0.3) is 5.91 Å². The number of rotatable bonds is 2. The number of ether oxygens (including phenoxy) is 2. The monoisotopic (exact) mass is 305 g/mol. The van der Waals surface area contributed by atoms with Crippen LogP contribution in [0.25, 0.3) is 0 Å². The number of halogens is 1. The summed E-state index contributed by atoms with van der Waals surface area (Å²) >= 11 is 5.96. The molecule has 0 spiro atoms. The standard InChI is InChI=1S/C14H12ClN3O3/c1-7-2-10(13(15)17-5-7)18-14(19)8-3-11-12(4-9(8)16)21-6-20-11/h2-5H,6,16H2,1H3,(H,18,19). The van der Waals surface area contributed by atoms with E-state index in [2.05, 4.69) is 10.3 Å². The van der Waals surface area contributed by atoms with Crippen molar-refractivity contribution in [3.8, 4) is 11.5 Å². The number of benzene rings is 1. The first-order valence-electron chi connectivity index (χ1n) is 6.17. The molecular formula is C14H12ClN3O3. The van der Waals surface area contributed by atoms with Crippen LogP contribution in [0, 0.1) is 6.92 Å². The molecule has 1 aromatic carbocycles. The zero-order chi connectivity index (χ0) is 15.0. The Kier molecular flexibility index (Phi) is 3.31. The summed E-state index contributed by atoms with van der Waals surface area (Å²) in [6, 6.07) is 4.84. The molecule has 7 heteroatoms. The number of aromatic nitrogens is 1. The van der Waals surface area contributed by atoms with Gasteiger partial charge in [0.05, 0.1) is 11.3 Å². The number of nitrogen functional groups attached to an aromatic ring is 1. The number of anilines is 2. The number of nitrogens with zero attached hydrogens (tertiary/aromatic N) is 1. The fourth-order valence-corrected chi connectivity index (χ4v) is 2.13. The first kappa shape index (κ1) is 13.5. The third kappa shape index (κ3) is 2.57. The van der Waals surface area contributed by atoms with Gasteiger partial charge in [0.15, 0.2) is 16.7 Å². The van der Waals surface area contributed by atoms with E-state index in [1.807, 2.05) is 6.92 Å². The molecule has 0 saturated carbocycles. The summed E-state index contributed by atoms with van der Waals surface area (Å²) in [4.78, 5) is 16.3. The second-order valence-electron chi connectivity index (χ2n) is 4.60. The maximum Gasteiger partial charge on any atom is 0.257 e. The van der Waals surface area contributed by atoms with Crippen molar-refractivity contribution in [2.45, 2.75) is 6.92 Å². The Morgan fingerprint density at radius 3 is 2.81 bits per heavy atom. The Hall–Kier alpha value is -2.47. The molecule has 0 aliphatic carbocycles. The lowest BCUT2D eigenvalue weighted by atomic mass is 10.1. The largest absolute Gasteiger partial charge is 0.454 e. The van der Waals surface area contributed by atoms with E-state index in [9.17, 15) is 4.79 Å². The maximum absolute atomic E-state index is 12.3. The number of carbonyl (C=O) groups is 1. The number of hydrogen-bond donors (Lipinski definition) is 2. The van der Waals surface area contributed by atoms with Gasteiger partial charge in [-0.1, -0.05) is 11.6 Å². The number of pyridine rings is 1. The van der Waals surface area contributed by atoms with Gasteiger partial charge in [0.1, 0.15) is 0 Å². The molecule has 1 aliphatic rings. The molecule has 21 heavy (non-hydrogen) atoms. The van der Waals surface area contributed by atoms with E-state index >= 15 is 0 Å². The lowest BCUT2D eigenvalue weighted by Gasteiger charge is -2.10. The first-order valence-corrected chi connectivity index (χ1v) is 6.55. The highest BCUT2D eigenvalue weighted by atomic mass is 35.5. The van der Waals surface area contributed by atoms with Gasteiger partial charge in [0, 0.05) is 18.0 Å². The van der Waals surface area contributed by atoms with Crippen molar-refractivity contribution in [1.29, 1.82) is 0 Å². The minimum absolute atomic E-state index is 0.119. The highest BCUT2D eigenvalue weighted by Gasteiger charge is 2.20. The Bertz CT molecular complexity index is 734. The highest BCUT2D eigenvalue weighted by molar-refractivity contribution is 6.32. The molecule has 0 atom stereocenters. The van der Waals surface area contributed by atoms with E-state index in [1.165, 1.54) is 0 Å². The van der Waals surface area contributed by atoms with Crippen molar-refractivity contribution in [1.82, 2.24) is 4.98 Å². The summed E-state index contributed by atoms with van der Waals surface area (Å²) in [6.07, 6.45) is 1.62. The second kappa shape index (κ2) is 5.14. The van der Waals surface area contributed by atoms with Crippen LogP contribution in [-0.2, 0) is 0 Å². The number of nitrogens with one attached hydrogen (secondary N) is 1. The van der Waals surface area contributed by atoms with E-state index < -0.39 is 0 Å². The van der Waals surface area contributed by atoms with Crippen LogP contribution < -0.4 is 20.5 Å². The van der Waals surface area contributed by atoms with Gasteiger partial charge in [-0.15, -0.1) is 0 Å². The molecule has 2 heterocycles. The SMILES string of the molecule is Cc1cnc(Cl)c(NC(=O)c2cc3c(cc2N)OCO3)c1. The average Bonchev–Trinajstić information content (AvgIpc) is 2.89. The Labute approximate surface area is 125 Å². The van der Waals surface area contributed by atoms with Gasteiger partial charge < -0.3 is 20.5 Å². The average molecular weight is 306 g/mol. The van der Waals surface area contributed by atoms with Crippen LogP contribution in [0.15, 0.2) is 24.4 Å². The second-order valence-corrected chi connectivity index (χ2v) is 4.96. The topological polar surface area (TPSA) is 86.5 Å². The van der Waals surface area contributed by atoms with Gasteiger partial charge in [-0.2, -0.15) is 0 Å². The Balaban J connectivity index is 1.91. The molecule has 1 aliphatic heterocycles. The smallest absolute Gasteiger partial charge is 0.257 e. The van der Waals surface area contributed by atoms with E-state index in [4.69, 9.17) is 26.8 Å². The van der Waals surface area contributed by atoms with Crippen molar-refractivity contribution in [3.63, 3.8) is 0 Å². The minimum atomic E-state index is -0.389. The van der Waals surface area contributed by atoms with Crippen molar-refractivity contribution < 1.29 is 14.3 Å². The van der Waals surface area contributed by atoms with Crippen LogP contribution in [0.1, 0.15) is 15.9 Å². The quantitative estimate of drug-likeness (QED) is 0.658. The van der Waals surface area contributed by atoms with Crippen molar-refractivity contribution >= 4 is 28.9 Å². The van der Waals surface area contributed by atoms with E-state index in [-0.39, 0.29) is 23.4 Å². The number of carbonyl (C=O) groups excluding carboxylic acids is 1. The zero-order valence-corrected chi connectivity index (χ0v) is 11.9. The third-order valence-corrected chi connectivity index (χ3v) is 3.31. The van der Waals surface area contributed by atoms with Crippen LogP contribution >= 0.6 is 11.6 Å². The fraction of sp³-hybridized carbons (Fsp3) is 0.143. The molecule has 6 nitrogen and oxygen atoms in total. The predicted molar refractivity (Wildman–Crippen MR) is 78.9 cm³/mol. The molecular weight excluding hydrogens is 294 g/mol. The van der Waals surface area contributed by atoms with Crippen LogP contribution in [-0.4, -0.2) is 17.7 Å². The first-order chi connectivity index (χ1) is 10.0. The van der Waals surface area contributed by atoms with Crippen LogP contribution in [0.4, 0.5) is 11.4 Å². The Morgan fingerprint density at radius 2 is 2.05 bits per heavy atom. The minimum Gasteiger partial charge on any atom is -0.454 e. The molecule has 2 aromatic rings. The van der Waals surface area contributed by atoms with Crippen molar-refractivity contribution in [2.24, 2.45) is 0 Å². The number of aryl methyl sites for hydroxylation is 1. The van der Waals surface area contributed by atoms with Crippen LogP contribution in [0.5, 0.6) is 11.5 Å². The van der Waals surface area contributed by atoms with E-state index in [1.54, 1.807) is 24.4 Å². The zero-order valence-electron chi connectivity index (χ0n) is 11.1. The molecule has 0 fully saturated rings. The molecule has 0 saturated heterocycles. The fourth-order valence-electron chi connectivity index (χ4n) is 1.98. The molecule has 0 unspecified atom stereocenters. The summed E-state index contributed by atoms with van der Waals surface area (Å²) in [5.41, 5.74) is 7.77. The number of amides is 1. The molecule has 0 bridgehead atoms. The number of nitrogens with two attached hydrogens (primary N) is 1. The lowest BCUT2D eigenvalue weighted by molar-refractivity contribution is 0.102. The van der Waals surface area contributed by atoms with Gasteiger partial charge in [-0.3, -0.25) is 4.79 Å². The normalized spacial score (nSPS) is 12.3. The lowest BCUT2D eigenvalue weighted by Crippen LogP contribution is -2.14. The van der Waals surface area contributed by atoms with Crippen LogP contribution in [0.2, 0.25) is 5.15 Å². The number of fused-ring (bicyclic) bond motifs is 1. The molecule has 1 aromatic heterocycles. The van der Waals surface area contributed by atoms with Crippen molar-refractivity contribution in [3.05, 3.63) is 40.7 Å². The summed E-state index contributed by atoms with van der Waals surface area (Å²) in [7, 11) is 0. The molecule has 1 amide bonds. The highest BCUT2D eigenvalue weighted by Crippen LogP contribution is 2.36. The predicted octanol–water partition coefficient (Wildman–Crippen LogP) is 2.61. The maximum atomic E-state index is 12.3. The van der Waals surface area contributed by atoms with E-state index in [0.717, 1.165) is 5.56 Å². The molecule has 3 N–H and O–H groups in total. The third-order valence-electron chi connectivity index (χ3n) is 3.01. The summed E-state index contributed by atoms with van der Waals surface area (Å²) in [6.45, 7) is 1.97. The van der Waals surface area contributed by atoms with E-state index in [0.29, 0.717) is 22.9 Å². The summed E-state index contributed by atoms with van der Waals surface area (Å²) < 4.78 is 10.4.